The number of benzene rings is 1. The highest BCUT2D eigenvalue weighted by molar-refractivity contribution is 7.84. The normalized spacial score (nSPS) is 14.2. The molecule has 0 aliphatic rings. The molecule has 0 fully saturated rings. The number of rotatable bonds is 6. The lowest BCUT2D eigenvalue weighted by Gasteiger charge is -2.13. The van der Waals surface area contributed by atoms with E-state index in [1.807, 2.05) is 6.92 Å². The van der Waals surface area contributed by atoms with Gasteiger partial charge in [-0.2, -0.15) is 0 Å². The number of phenols is 1. The SMILES string of the molecule is COc1cc(Cl)cc(CNCC(C)S(C)=O)c1O. The summed E-state index contributed by atoms with van der Waals surface area (Å²) in [5.74, 6) is 0.436. The average molecular weight is 292 g/mol. The zero-order valence-electron chi connectivity index (χ0n) is 10.7. The van der Waals surface area contributed by atoms with E-state index in [2.05, 4.69) is 5.32 Å². The Hall–Kier alpha value is -0.780. The molecule has 0 saturated heterocycles. The van der Waals surface area contributed by atoms with Crippen molar-refractivity contribution in [3.8, 4) is 11.5 Å². The molecule has 1 aromatic carbocycles. The van der Waals surface area contributed by atoms with Gasteiger partial charge in [0.2, 0.25) is 0 Å². The van der Waals surface area contributed by atoms with Gasteiger partial charge in [0.25, 0.3) is 0 Å². The van der Waals surface area contributed by atoms with Gasteiger partial charge in [-0.3, -0.25) is 4.21 Å². The molecular weight excluding hydrogens is 274 g/mol. The van der Waals surface area contributed by atoms with Crippen LogP contribution in [0.5, 0.6) is 11.5 Å². The van der Waals surface area contributed by atoms with Crippen LogP contribution in [0.1, 0.15) is 12.5 Å². The second-order valence-electron chi connectivity index (χ2n) is 4.06. The Morgan fingerprint density at radius 2 is 2.22 bits per heavy atom. The number of hydrogen-bond acceptors (Lipinski definition) is 4. The first-order valence-electron chi connectivity index (χ1n) is 5.54. The Morgan fingerprint density at radius 3 is 2.78 bits per heavy atom. The Balaban J connectivity index is 2.67. The largest absolute Gasteiger partial charge is 0.504 e. The lowest BCUT2D eigenvalue weighted by Crippen LogP contribution is -2.27. The molecule has 0 amide bonds. The van der Waals surface area contributed by atoms with E-state index in [0.29, 0.717) is 29.4 Å². The Kier molecular flexibility index (Phi) is 5.91. The van der Waals surface area contributed by atoms with E-state index in [0.717, 1.165) is 0 Å². The Labute approximate surface area is 115 Å². The molecule has 4 nitrogen and oxygen atoms in total. The van der Waals surface area contributed by atoms with Gasteiger partial charge in [0.1, 0.15) is 0 Å². The van der Waals surface area contributed by atoms with E-state index in [4.69, 9.17) is 16.3 Å². The van der Waals surface area contributed by atoms with Crippen LogP contribution in [0.15, 0.2) is 12.1 Å². The highest BCUT2D eigenvalue weighted by Gasteiger charge is 2.11. The minimum absolute atomic E-state index is 0.0632. The zero-order valence-corrected chi connectivity index (χ0v) is 12.3. The third-order valence-corrected chi connectivity index (χ3v) is 4.17. The monoisotopic (exact) mass is 291 g/mol. The molecule has 0 radical (unpaired) electrons. The molecule has 0 bridgehead atoms. The van der Waals surface area contributed by atoms with Crippen molar-refractivity contribution in [2.75, 3.05) is 19.9 Å². The number of halogens is 1. The summed E-state index contributed by atoms with van der Waals surface area (Å²) in [5.41, 5.74) is 0.661. The molecule has 0 saturated carbocycles. The van der Waals surface area contributed by atoms with Gasteiger partial charge >= 0.3 is 0 Å². The van der Waals surface area contributed by atoms with Crippen LogP contribution in [0, 0.1) is 0 Å². The molecule has 102 valence electrons. The maximum atomic E-state index is 11.2. The van der Waals surface area contributed by atoms with Gasteiger partial charge in [-0.1, -0.05) is 11.6 Å². The molecule has 2 N–H and O–H groups in total. The van der Waals surface area contributed by atoms with E-state index < -0.39 is 10.8 Å². The van der Waals surface area contributed by atoms with Crippen LogP contribution in [0.3, 0.4) is 0 Å². The van der Waals surface area contributed by atoms with Gasteiger partial charge < -0.3 is 15.2 Å². The molecule has 1 rings (SSSR count). The number of nitrogens with one attached hydrogen (secondary N) is 1. The van der Waals surface area contributed by atoms with E-state index in [1.54, 1.807) is 18.4 Å². The number of aromatic hydroxyl groups is 1. The lowest BCUT2D eigenvalue weighted by molar-refractivity contribution is 0.369. The van der Waals surface area contributed by atoms with Crippen LogP contribution in [-0.4, -0.2) is 34.5 Å². The van der Waals surface area contributed by atoms with Crippen LogP contribution in [0.4, 0.5) is 0 Å². The maximum Gasteiger partial charge on any atom is 0.162 e. The summed E-state index contributed by atoms with van der Waals surface area (Å²) >= 11 is 5.93. The standard InChI is InChI=1S/C12H18ClNO3S/c1-8(18(3)16)6-14-7-9-4-10(13)5-11(17-2)12(9)15/h4-5,8,14-15H,6-7H2,1-3H3. The predicted octanol–water partition coefficient (Wildman–Crippen LogP) is 1.91. The summed E-state index contributed by atoms with van der Waals surface area (Å²) < 4.78 is 16.2. The smallest absolute Gasteiger partial charge is 0.162 e. The number of ether oxygens (including phenoxy) is 1. The molecular formula is C12H18ClNO3S. The molecule has 0 aliphatic heterocycles. The third kappa shape index (κ3) is 4.15. The van der Waals surface area contributed by atoms with E-state index in [1.165, 1.54) is 7.11 Å². The summed E-state index contributed by atoms with van der Waals surface area (Å²) in [5, 5.41) is 13.6. The number of phenolic OH excluding ortho intramolecular Hbond substituents is 1. The van der Waals surface area contributed by atoms with Crippen molar-refractivity contribution < 1.29 is 14.1 Å². The van der Waals surface area contributed by atoms with Gasteiger partial charge in [-0.15, -0.1) is 0 Å². The van der Waals surface area contributed by atoms with Gasteiger partial charge in [-0.25, -0.2) is 0 Å². The van der Waals surface area contributed by atoms with E-state index in [-0.39, 0.29) is 11.0 Å². The van der Waals surface area contributed by atoms with Crippen molar-refractivity contribution in [3.63, 3.8) is 0 Å². The first-order valence-corrected chi connectivity index (χ1v) is 7.54. The zero-order chi connectivity index (χ0) is 13.7. The van der Waals surface area contributed by atoms with Crippen molar-refractivity contribution >= 4 is 22.4 Å². The fourth-order valence-corrected chi connectivity index (χ4v) is 2.03. The minimum atomic E-state index is -0.860. The van der Waals surface area contributed by atoms with Crippen LogP contribution >= 0.6 is 11.6 Å². The number of hydrogen-bond donors (Lipinski definition) is 2. The van der Waals surface area contributed by atoms with Gasteiger partial charge in [-0.05, 0) is 13.0 Å². The quantitative estimate of drug-likeness (QED) is 0.841. The summed E-state index contributed by atoms with van der Waals surface area (Å²) in [7, 11) is 0.617. The first-order chi connectivity index (χ1) is 8.45. The molecule has 6 heteroatoms. The van der Waals surface area contributed by atoms with E-state index >= 15 is 0 Å². The highest BCUT2D eigenvalue weighted by Crippen LogP contribution is 2.33. The highest BCUT2D eigenvalue weighted by atomic mass is 35.5. The van der Waals surface area contributed by atoms with Crippen LogP contribution < -0.4 is 10.1 Å². The molecule has 0 aliphatic carbocycles. The summed E-state index contributed by atoms with van der Waals surface area (Å²) in [6, 6.07) is 3.24. The van der Waals surface area contributed by atoms with Crippen molar-refractivity contribution in [1.82, 2.24) is 5.32 Å². The van der Waals surface area contributed by atoms with Crippen molar-refractivity contribution in [2.45, 2.75) is 18.7 Å². The maximum absolute atomic E-state index is 11.2. The molecule has 2 atom stereocenters. The van der Waals surface area contributed by atoms with Crippen LogP contribution in [0.25, 0.3) is 0 Å². The van der Waals surface area contributed by atoms with Gasteiger partial charge in [0, 0.05) is 52.0 Å². The predicted molar refractivity (Wildman–Crippen MR) is 74.9 cm³/mol. The topological polar surface area (TPSA) is 58.6 Å². The van der Waals surface area contributed by atoms with Crippen molar-refractivity contribution in [2.24, 2.45) is 0 Å². The van der Waals surface area contributed by atoms with Gasteiger partial charge in [0.05, 0.1) is 7.11 Å². The van der Waals surface area contributed by atoms with Crippen LogP contribution in [0.2, 0.25) is 5.02 Å². The first kappa shape index (κ1) is 15.3. The molecule has 0 heterocycles. The fraction of sp³-hybridized carbons (Fsp3) is 0.500. The van der Waals surface area contributed by atoms with Crippen molar-refractivity contribution in [1.29, 1.82) is 0 Å². The second kappa shape index (κ2) is 6.97. The molecule has 0 spiro atoms. The van der Waals surface area contributed by atoms with Crippen molar-refractivity contribution in [3.05, 3.63) is 22.7 Å². The fourth-order valence-electron chi connectivity index (χ4n) is 1.45. The number of methoxy groups -OCH3 is 1. The third-order valence-electron chi connectivity index (χ3n) is 2.65. The summed E-state index contributed by atoms with van der Waals surface area (Å²) in [4.78, 5) is 0. The molecule has 0 aromatic heterocycles. The van der Waals surface area contributed by atoms with E-state index in [9.17, 15) is 9.32 Å². The minimum Gasteiger partial charge on any atom is -0.504 e. The summed E-state index contributed by atoms with van der Waals surface area (Å²) in [6.07, 6.45) is 1.67. The molecule has 18 heavy (non-hydrogen) atoms. The average Bonchev–Trinajstić information content (AvgIpc) is 2.32. The lowest BCUT2D eigenvalue weighted by atomic mass is 10.2. The van der Waals surface area contributed by atoms with Gasteiger partial charge in [0.15, 0.2) is 11.5 Å². The Morgan fingerprint density at radius 1 is 1.56 bits per heavy atom. The Bertz CT molecular complexity index is 440. The molecule has 1 aromatic rings. The molecule has 2 unspecified atom stereocenters. The summed E-state index contributed by atoms with van der Waals surface area (Å²) in [6.45, 7) is 2.96. The van der Waals surface area contributed by atoms with Crippen LogP contribution in [-0.2, 0) is 17.3 Å². The second-order valence-corrected chi connectivity index (χ2v) is 6.29.